The van der Waals surface area contributed by atoms with Gasteiger partial charge in [0.2, 0.25) is 0 Å². The molecule has 0 N–H and O–H groups in total. The van der Waals surface area contributed by atoms with Crippen molar-refractivity contribution < 1.29 is 0 Å². The molecular weight excluding hydrogens is 450 g/mol. The number of hydrogen-bond donors (Lipinski definition) is 0. The first-order chi connectivity index (χ1) is 18.1. The second-order valence-electron chi connectivity index (χ2n) is 10.4. The molecular formula is C34H27N3. The van der Waals surface area contributed by atoms with Gasteiger partial charge in [0.25, 0.3) is 0 Å². The van der Waals surface area contributed by atoms with E-state index in [0.717, 1.165) is 6.42 Å². The Kier molecular flexibility index (Phi) is 4.06. The van der Waals surface area contributed by atoms with E-state index in [0.29, 0.717) is 0 Å². The Labute approximate surface area is 214 Å². The molecule has 0 bridgehead atoms. The Morgan fingerprint density at radius 1 is 0.405 bits per heavy atom. The van der Waals surface area contributed by atoms with Gasteiger partial charge in [-0.15, -0.1) is 0 Å². The first kappa shape index (κ1) is 20.7. The quantitative estimate of drug-likeness (QED) is 0.238. The van der Waals surface area contributed by atoms with Crippen LogP contribution in [-0.2, 0) is 27.6 Å². The van der Waals surface area contributed by atoms with E-state index >= 15 is 0 Å². The van der Waals surface area contributed by atoms with E-state index in [2.05, 4.69) is 132 Å². The molecule has 8 aromatic rings. The lowest BCUT2D eigenvalue weighted by molar-refractivity contribution is 1.01. The van der Waals surface area contributed by atoms with Crippen LogP contribution < -0.4 is 0 Å². The second kappa shape index (κ2) is 7.27. The van der Waals surface area contributed by atoms with Crippen LogP contribution in [0.1, 0.15) is 11.1 Å². The Morgan fingerprint density at radius 2 is 0.892 bits per heavy atom. The predicted molar refractivity (Wildman–Crippen MR) is 158 cm³/mol. The van der Waals surface area contributed by atoms with E-state index in [9.17, 15) is 0 Å². The summed E-state index contributed by atoms with van der Waals surface area (Å²) >= 11 is 0. The molecule has 3 nitrogen and oxygen atoms in total. The highest BCUT2D eigenvalue weighted by Crippen LogP contribution is 2.39. The predicted octanol–water partition coefficient (Wildman–Crippen LogP) is 8.21. The third-order valence-corrected chi connectivity index (χ3v) is 8.50. The summed E-state index contributed by atoms with van der Waals surface area (Å²) in [6.07, 6.45) is 0.917. The van der Waals surface area contributed by atoms with Gasteiger partial charge in [0.1, 0.15) is 0 Å². The third-order valence-electron chi connectivity index (χ3n) is 8.50. The summed E-state index contributed by atoms with van der Waals surface area (Å²) in [6, 6.07) is 36.0. The van der Waals surface area contributed by atoms with Crippen LogP contribution in [0.5, 0.6) is 0 Å². The highest BCUT2D eigenvalue weighted by molar-refractivity contribution is 6.28. The molecule has 5 aromatic carbocycles. The van der Waals surface area contributed by atoms with Crippen molar-refractivity contribution in [1.29, 1.82) is 0 Å². The molecule has 3 aromatic heterocycles. The first-order valence-electron chi connectivity index (χ1n) is 12.9. The molecule has 0 atom stereocenters. The van der Waals surface area contributed by atoms with Crippen molar-refractivity contribution >= 4 is 65.4 Å². The molecule has 0 radical (unpaired) electrons. The Hall–Kier alpha value is -4.50. The first-order valence-corrected chi connectivity index (χ1v) is 12.9. The average Bonchev–Trinajstić information content (AvgIpc) is 3.50. The summed E-state index contributed by atoms with van der Waals surface area (Å²) in [6.45, 7) is 0. The largest absolute Gasteiger partial charge is 0.344 e. The van der Waals surface area contributed by atoms with E-state index in [4.69, 9.17) is 0 Å². The Balaban J connectivity index is 1.31. The van der Waals surface area contributed by atoms with Crippen molar-refractivity contribution in [2.75, 3.05) is 0 Å². The van der Waals surface area contributed by atoms with Gasteiger partial charge in [-0.05, 0) is 60.0 Å². The monoisotopic (exact) mass is 477 g/mol. The number of aromatic nitrogens is 3. The number of rotatable bonds is 2. The number of para-hydroxylation sites is 2. The topological polar surface area (TPSA) is 14.8 Å². The molecule has 0 saturated carbocycles. The van der Waals surface area contributed by atoms with Crippen LogP contribution in [0, 0.1) is 0 Å². The summed E-state index contributed by atoms with van der Waals surface area (Å²) in [7, 11) is 6.53. The van der Waals surface area contributed by atoms with E-state index in [1.54, 1.807) is 0 Å². The lowest BCUT2D eigenvalue weighted by Gasteiger charge is -2.05. The maximum Gasteiger partial charge on any atom is 0.0496 e. The third kappa shape index (κ3) is 2.71. The molecule has 0 aliphatic rings. The Morgan fingerprint density at radius 3 is 1.65 bits per heavy atom. The number of hydrogen-bond acceptors (Lipinski definition) is 0. The van der Waals surface area contributed by atoms with E-state index < -0.39 is 0 Å². The molecule has 0 aliphatic heterocycles. The van der Waals surface area contributed by atoms with Crippen LogP contribution in [0.15, 0.2) is 97.1 Å². The van der Waals surface area contributed by atoms with Gasteiger partial charge >= 0.3 is 0 Å². The van der Waals surface area contributed by atoms with Crippen molar-refractivity contribution in [3.8, 4) is 0 Å². The molecule has 0 aliphatic carbocycles. The van der Waals surface area contributed by atoms with Crippen LogP contribution in [0.4, 0.5) is 0 Å². The van der Waals surface area contributed by atoms with Gasteiger partial charge in [0, 0.05) is 86.6 Å². The van der Waals surface area contributed by atoms with Gasteiger partial charge in [-0.25, -0.2) is 0 Å². The minimum absolute atomic E-state index is 0.917. The number of nitrogens with zero attached hydrogens (tertiary/aromatic N) is 3. The summed E-state index contributed by atoms with van der Waals surface area (Å²) in [5.74, 6) is 0. The van der Waals surface area contributed by atoms with Crippen LogP contribution in [0.25, 0.3) is 65.4 Å². The van der Waals surface area contributed by atoms with Crippen LogP contribution in [0.3, 0.4) is 0 Å². The zero-order chi connectivity index (χ0) is 24.8. The zero-order valence-electron chi connectivity index (χ0n) is 21.3. The van der Waals surface area contributed by atoms with E-state index in [1.807, 2.05) is 0 Å². The van der Waals surface area contributed by atoms with Crippen molar-refractivity contribution in [3.05, 3.63) is 108 Å². The van der Waals surface area contributed by atoms with Gasteiger partial charge in [-0.2, -0.15) is 0 Å². The second-order valence-corrected chi connectivity index (χ2v) is 10.4. The fourth-order valence-electron chi connectivity index (χ4n) is 6.66. The lowest BCUT2D eigenvalue weighted by Crippen LogP contribution is -1.91. The van der Waals surface area contributed by atoms with Gasteiger partial charge in [-0.1, -0.05) is 54.6 Å². The van der Waals surface area contributed by atoms with Gasteiger partial charge < -0.3 is 13.7 Å². The highest BCUT2D eigenvalue weighted by Gasteiger charge is 2.17. The Bertz CT molecular complexity index is 2200. The summed E-state index contributed by atoms with van der Waals surface area (Å²) < 4.78 is 6.98. The van der Waals surface area contributed by atoms with E-state index in [1.165, 1.54) is 76.5 Å². The lowest BCUT2D eigenvalue weighted by atomic mass is 10.0. The molecule has 0 spiro atoms. The standard InChI is InChI=1S/C34H27N3/c1-35-27-10-6-4-8-23(27)26-19-21(13-15-29(26)35)18-22-12-14-25-32(20-22)37(3)31-17-16-30-33(34(25)31)24-9-5-7-11-28(24)36(30)2/h4-17,19-20H,18H2,1-3H3. The molecule has 8 rings (SSSR count). The molecule has 0 fully saturated rings. The number of benzene rings is 5. The molecule has 0 unspecified atom stereocenters. The van der Waals surface area contributed by atoms with Crippen LogP contribution >= 0.6 is 0 Å². The van der Waals surface area contributed by atoms with Crippen molar-refractivity contribution in [2.24, 2.45) is 21.1 Å². The SMILES string of the molecule is Cn1c2ccccc2c2cc(Cc3ccc4c5c6c7ccccc7n(C)c6ccc5n(C)c4c3)ccc21. The van der Waals surface area contributed by atoms with Crippen molar-refractivity contribution in [2.45, 2.75) is 6.42 Å². The van der Waals surface area contributed by atoms with Crippen molar-refractivity contribution in [3.63, 3.8) is 0 Å². The molecule has 37 heavy (non-hydrogen) atoms. The van der Waals surface area contributed by atoms with Crippen LogP contribution in [-0.4, -0.2) is 13.7 Å². The minimum Gasteiger partial charge on any atom is -0.344 e. The summed E-state index contributed by atoms with van der Waals surface area (Å²) in [4.78, 5) is 0. The molecule has 3 heterocycles. The summed E-state index contributed by atoms with van der Waals surface area (Å²) in [5.41, 5.74) is 10.4. The normalized spacial score (nSPS) is 12.3. The van der Waals surface area contributed by atoms with E-state index in [-0.39, 0.29) is 0 Å². The molecule has 0 saturated heterocycles. The highest BCUT2D eigenvalue weighted by atomic mass is 15.0. The van der Waals surface area contributed by atoms with Gasteiger partial charge in [-0.3, -0.25) is 0 Å². The zero-order valence-corrected chi connectivity index (χ0v) is 21.3. The summed E-state index contributed by atoms with van der Waals surface area (Å²) in [5, 5.41) is 8.02. The smallest absolute Gasteiger partial charge is 0.0496 e. The molecule has 178 valence electrons. The van der Waals surface area contributed by atoms with Gasteiger partial charge in [0.05, 0.1) is 0 Å². The number of fused-ring (bicyclic) bond motifs is 10. The van der Waals surface area contributed by atoms with Crippen LogP contribution in [0.2, 0.25) is 0 Å². The maximum absolute atomic E-state index is 2.39. The maximum atomic E-state index is 2.39. The molecule has 3 heteroatoms. The average molecular weight is 478 g/mol. The van der Waals surface area contributed by atoms with Crippen molar-refractivity contribution in [1.82, 2.24) is 13.7 Å². The fraction of sp³-hybridized carbons (Fsp3) is 0.118. The fourth-order valence-corrected chi connectivity index (χ4v) is 6.66. The van der Waals surface area contributed by atoms with Gasteiger partial charge in [0.15, 0.2) is 0 Å². The minimum atomic E-state index is 0.917. The molecule has 0 amide bonds. The number of aryl methyl sites for hydroxylation is 3.